The summed E-state index contributed by atoms with van der Waals surface area (Å²) in [5.74, 6) is -0.475. The SMILES string of the molecule is [CH2-]C(=O)OC(C)(C)C.[Li+]. The third-order valence-electron chi connectivity index (χ3n) is 0.420. The number of rotatable bonds is 0. The van der Waals surface area contributed by atoms with E-state index in [4.69, 9.17) is 0 Å². The van der Waals surface area contributed by atoms with Crippen molar-refractivity contribution >= 4 is 5.97 Å². The minimum Gasteiger partial charge on any atom is -0.483 e. The molecule has 0 atom stereocenters. The Bertz CT molecular complexity index is 93.7. The van der Waals surface area contributed by atoms with Crippen molar-refractivity contribution < 1.29 is 28.4 Å². The van der Waals surface area contributed by atoms with Crippen LogP contribution in [0.1, 0.15) is 20.8 Å². The third kappa shape index (κ3) is 11.5. The van der Waals surface area contributed by atoms with E-state index in [2.05, 4.69) is 11.7 Å². The smallest absolute Gasteiger partial charge is 0.483 e. The van der Waals surface area contributed by atoms with Gasteiger partial charge in [-0.1, -0.05) is 0 Å². The minimum absolute atomic E-state index is 0. The molecule has 0 fully saturated rings. The first-order valence-electron chi connectivity index (χ1n) is 2.47. The first-order chi connectivity index (χ1) is 3.42. The molecule has 0 saturated carbocycles. The van der Waals surface area contributed by atoms with Crippen LogP contribution in [0.5, 0.6) is 0 Å². The van der Waals surface area contributed by atoms with Crippen LogP contribution in [0.4, 0.5) is 0 Å². The zero-order valence-corrected chi connectivity index (χ0v) is 6.52. The fraction of sp³-hybridized carbons (Fsp3) is 0.667. The van der Waals surface area contributed by atoms with E-state index in [1.807, 2.05) is 0 Å². The fourth-order valence-corrected chi connectivity index (χ4v) is 0.342. The molecule has 9 heavy (non-hydrogen) atoms. The maximum absolute atomic E-state index is 10.1. The summed E-state index contributed by atoms with van der Waals surface area (Å²) in [6.07, 6.45) is 0. The van der Waals surface area contributed by atoms with E-state index >= 15 is 0 Å². The number of hydrogen-bond donors (Lipinski definition) is 0. The van der Waals surface area contributed by atoms with E-state index in [-0.39, 0.29) is 18.9 Å². The molecule has 0 aromatic rings. The number of carbonyl (C=O) groups excluding carboxylic acids is 1. The van der Waals surface area contributed by atoms with E-state index in [0.29, 0.717) is 0 Å². The summed E-state index contributed by atoms with van der Waals surface area (Å²) >= 11 is 0. The van der Waals surface area contributed by atoms with Gasteiger partial charge in [0.05, 0.1) is 0 Å². The van der Waals surface area contributed by atoms with Crippen LogP contribution in [0, 0.1) is 6.92 Å². The first-order valence-corrected chi connectivity index (χ1v) is 2.47. The molecular weight excluding hydrogens is 111 g/mol. The van der Waals surface area contributed by atoms with Crippen molar-refractivity contribution in [3.05, 3.63) is 6.92 Å². The van der Waals surface area contributed by atoms with Gasteiger partial charge in [0.1, 0.15) is 5.60 Å². The quantitative estimate of drug-likeness (QED) is 0.214. The Balaban J connectivity index is 0. The molecule has 0 N–H and O–H groups in total. The molecular formula is C6H11LiO2. The van der Waals surface area contributed by atoms with Gasteiger partial charge in [-0.15, -0.1) is 0 Å². The maximum atomic E-state index is 10.1. The summed E-state index contributed by atoms with van der Waals surface area (Å²) < 4.78 is 4.69. The van der Waals surface area contributed by atoms with Crippen LogP contribution in [0.3, 0.4) is 0 Å². The number of ether oxygens (including phenoxy) is 1. The second-order valence-corrected chi connectivity index (χ2v) is 2.59. The second-order valence-electron chi connectivity index (χ2n) is 2.59. The average molecular weight is 122 g/mol. The zero-order valence-electron chi connectivity index (χ0n) is 6.52. The Morgan fingerprint density at radius 1 is 1.44 bits per heavy atom. The van der Waals surface area contributed by atoms with Crippen molar-refractivity contribution in [2.75, 3.05) is 0 Å². The molecule has 0 unspecified atom stereocenters. The average Bonchev–Trinajstić information content (AvgIpc) is 1.21. The van der Waals surface area contributed by atoms with Gasteiger partial charge in [-0.3, -0.25) is 11.7 Å². The topological polar surface area (TPSA) is 26.3 Å². The van der Waals surface area contributed by atoms with Gasteiger partial charge in [-0.25, -0.2) is 0 Å². The van der Waals surface area contributed by atoms with Gasteiger partial charge in [0.2, 0.25) is 0 Å². The summed E-state index contributed by atoms with van der Waals surface area (Å²) in [4.78, 5) is 10.1. The maximum Gasteiger partial charge on any atom is 1.00 e. The van der Waals surface area contributed by atoms with Gasteiger partial charge < -0.3 is 4.74 Å². The van der Waals surface area contributed by atoms with Crippen LogP contribution >= 0.6 is 0 Å². The monoisotopic (exact) mass is 122 g/mol. The third-order valence-corrected chi connectivity index (χ3v) is 0.420. The molecule has 0 aliphatic carbocycles. The van der Waals surface area contributed by atoms with Crippen molar-refractivity contribution in [1.82, 2.24) is 0 Å². The van der Waals surface area contributed by atoms with Gasteiger partial charge in [-0.2, -0.15) is 0 Å². The Hall–Kier alpha value is -0.0626. The van der Waals surface area contributed by atoms with Crippen LogP contribution in [-0.2, 0) is 9.53 Å². The largest absolute Gasteiger partial charge is 1.00 e. The van der Waals surface area contributed by atoms with Crippen LogP contribution < -0.4 is 18.9 Å². The van der Waals surface area contributed by atoms with Gasteiger partial charge in [0, 0.05) is 0 Å². The molecule has 0 aromatic carbocycles. The Kier molecular flexibility index (Phi) is 5.03. The van der Waals surface area contributed by atoms with Crippen LogP contribution in [0.25, 0.3) is 0 Å². The fourth-order valence-electron chi connectivity index (χ4n) is 0.342. The van der Waals surface area contributed by atoms with E-state index in [1.165, 1.54) is 0 Å². The summed E-state index contributed by atoms with van der Waals surface area (Å²) in [7, 11) is 0. The number of esters is 1. The molecule has 0 aliphatic heterocycles. The number of carbonyl (C=O) groups is 1. The number of hydrogen-bond acceptors (Lipinski definition) is 2. The minimum atomic E-state index is -0.475. The van der Waals surface area contributed by atoms with Crippen molar-refractivity contribution in [3.63, 3.8) is 0 Å². The molecule has 2 nitrogen and oxygen atoms in total. The molecule has 0 rings (SSSR count). The second kappa shape index (κ2) is 3.87. The predicted molar refractivity (Wildman–Crippen MR) is 31.2 cm³/mol. The Morgan fingerprint density at radius 2 is 1.78 bits per heavy atom. The molecule has 0 aliphatic rings. The summed E-state index contributed by atoms with van der Waals surface area (Å²) in [6.45, 7) is 8.47. The zero-order chi connectivity index (χ0) is 6.78. The molecule has 0 aromatic heterocycles. The van der Waals surface area contributed by atoms with Crippen molar-refractivity contribution in [2.24, 2.45) is 0 Å². The van der Waals surface area contributed by atoms with E-state index in [1.54, 1.807) is 20.8 Å². The summed E-state index contributed by atoms with van der Waals surface area (Å²) in [5.41, 5.74) is -0.390. The first kappa shape index (κ1) is 11.7. The van der Waals surface area contributed by atoms with Crippen LogP contribution in [-0.4, -0.2) is 11.6 Å². The standard InChI is InChI=1S/C6H11O2.Li/c1-5(7)8-6(2,3)4;/h1H2,2-4H3;/q-1;+1. The summed E-state index contributed by atoms with van der Waals surface area (Å²) in [6, 6.07) is 0. The normalized spacial score (nSPS) is 9.67. The van der Waals surface area contributed by atoms with Crippen molar-refractivity contribution in [2.45, 2.75) is 26.4 Å². The molecule has 48 valence electrons. The molecule has 0 amide bonds. The molecule has 0 bridgehead atoms. The van der Waals surface area contributed by atoms with Crippen molar-refractivity contribution in [1.29, 1.82) is 0 Å². The van der Waals surface area contributed by atoms with E-state index in [0.717, 1.165) is 0 Å². The van der Waals surface area contributed by atoms with Gasteiger partial charge in [0.25, 0.3) is 0 Å². The van der Waals surface area contributed by atoms with E-state index in [9.17, 15) is 4.79 Å². The van der Waals surface area contributed by atoms with E-state index < -0.39 is 11.6 Å². The predicted octanol–water partition coefficient (Wildman–Crippen LogP) is -1.83. The van der Waals surface area contributed by atoms with Gasteiger partial charge >= 0.3 is 18.9 Å². The van der Waals surface area contributed by atoms with Gasteiger partial charge in [0.15, 0.2) is 5.97 Å². The molecule has 0 heterocycles. The van der Waals surface area contributed by atoms with Crippen LogP contribution in [0.15, 0.2) is 0 Å². The Labute approximate surface area is 68.1 Å². The molecule has 0 radical (unpaired) electrons. The molecule has 3 heteroatoms. The Morgan fingerprint density at radius 3 is 1.78 bits per heavy atom. The van der Waals surface area contributed by atoms with Gasteiger partial charge in [-0.05, 0) is 20.8 Å². The van der Waals surface area contributed by atoms with Crippen molar-refractivity contribution in [3.8, 4) is 0 Å². The molecule has 0 spiro atoms. The summed E-state index contributed by atoms with van der Waals surface area (Å²) in [5, 5.41) is 0. The van der Waals surface area contributed by atoms with Crippen LogP contribution in [0.2, 0.25) is 0 Å². The molecule has 0 saturated heterocycles.